The predicted molar refractivity (Wildman–Crippen MR) is 130 cm³/mol. The molecule has 0 amide bonds. The molecule has 0 aliphatic rings. The minimum Gasteiger partial charge on any atom is -0.497 e. The fourth-order valence-electron chi connectivity index (χ4n) is 3.58. The van der Waals surface area contributed by atoms with E-state index in [1.807, 2.05) is 18.2 Å². The van der Waals surface area contributed by atoms with E-state index in [4.69, 9.17) is 32.7 Å². The van der Waals surface area contributed by atoms with Gasteiger partial charge in [-0.15, -0.1) is 0 Å². The Kier molecular flexibility index (Phi) is 7.87. The Bertz CT molecular complexity index is 1320. The molecule has 0 spiro atoms. The zero-order chi connectivity index (χ0) is 25.0. The molecule has 1 N–H and O–H groups in total. The van der Waals surface area contributed by atoms with Gasteiger partial charge in [0, 0.05) is 12.1 Å². The first kappa shape index (κ1) is 25.2. The van der Waals surface area contributed by atoms with Crippen molar-refractivity contribution in [1.29, 1.82) is 5.26 Å². The number of ether oxygens (including phenoxy) is 2. The number of aromatic hydroxyl groups is 1. The quantitative estimate of drug-likeness (QED) is 0.440. The molecule has 3 rings (SSSR count). The van der Waals surface area contributed by atoms with E-state index in [1.54, 1.807) is 26.2 Å². The van der Waals surface area contributed by atoms with Gasteiger partial charge in [0.1, 0.15) is 17.4 Å². The van der Waals surface area contributed by atoms with E-state index in [0.717, 1.165) is 10.1 Å². The maximum absolute atomic E-state index is 13.4. The third-order valence-electron chi connectivity index (χ3n) is 5.36. The maximum Gasteiger partial charge on any atom is 0.271 e. The zero-order valence-corrected chi connectivity index (χ0v) is 20.3. The van der Waals surface area contributed by atoms with Crippen LogP contribution >= 0.6 is 23.2 Å². The summed E-state index contributed by atoms with van der Waals surface area (Å²) in [5.41, 5.74) is -0.0198. The second-order valence-corrected chi connectivity index (χ2v) is 8.21. The number of carbonyl (C=O) groups excluding carboxylic acids is 1. The number of methoxy groups -OCH3 is 1. The van der Waals surface area contributed by atoms with Crippen molar-refractivity contribution in [3.8, 4) is 23.4 Å². The minimum absolute atomic E-state index is 0.0526. The molecule has 0 aliphatic carbocycles. The molecule has 0 saturated carbocycles. The summed E-state index contributed by atoms with van der Waals surface area (Å²) in [5.74, 6) is -0.227. The van der Waals surface area contributed by atoms with Crippen molar-refractivity contribution in [3.05, 3.63) is 84.6 Å². The number of ketones is 1. The molecular formula is C25H22Cl2N2O5. The second kappa shape index (κ2) is 10.6. The second-order valence-electron chi connectivity index (χ2n) is 7.40. The Morgan fingerprint density at radius 1 is 1.18 bits per heavy atom. The van der Waals surface area contributed by atoms with Gasteiger partial charge in [-0.2, -0.15) is 5.26 Å². The van der Waals surface area contributed by atoms with Crippen LogP contribution in [0.2, 0.25) is 10.0 Å². The monoisotopic (exact) mass is 500 g/mol. The summed E-state index contributed by atoms with van der Waals surface area (Å²) in [5, 5.41) is 20.8. The van der Waals surface area contributed by atoms with Gasteiger partial charge in [0.15, 0.2) is 11.5 Å². The molecule has 0 aliphatic heterocycles. The minimum atomic E-state index is -0.676. The topological polar surface area (TPSA) is 102 Å². The number of hydrogen-bond donors (Lipinski definition) is 1. The number of nitrogens with zero attached hydrogens (tertiary/aromatic N) is 2. The van der Waals surface area contributed by atoms with Gasteiger partial charge in [-0.05, 0) is 55.7 Å². The van der Waals surface area contributed by atoms with Gasteiger partial charge in [0.25, 0.3) is 5.56 Å². The number of halogens is 2. The van der Waals surface area contributed by atoms with Crippen molar-refractivity contribution >= 4 is 29.0 Å². The molecule has 1 aromatic heterocycles. The highest BCUT2D eigenvalue weighted by atomic mass is 35.5. The number of aryl methyl sites for hydroxylation is 1. The van der Waals surface area contributed by atoms with E-state index in [1.165, 1.54) is 19.1 Å². The van der Waals surface area contributed by atoms with E-state index in [9.17, 15) is 20.0 Å². The van der Waals surface area contributed by atoms with Crippen LogP contribution in [0.5, 0.6) is 17.4 Å². The maximum atomic E-state index is 13.4. The van der Waals surface area contributed by atoms with Crippen LogP contribution in [0.4, 0.5) is 0 Å². The largest absolute Gasteiger partial charge is 0.497 e. The number of pyridine rings is 1. The van der Waals surface area contributed by atoms with E-state index < -0.39 is 17.2 Å². The molecule has 0 unspecified atom stereocenters. The van der Waals surface area contributed by atoms with Gasteiger partial charge in [-0.25, -0.2) is 0 Å². The van der Waals surface area contributed by atoms with Crippen LogP contribution in [0.15, 0.2) is 41.2 Å². The van der Waals surface area contributed by atoms with E-state index in [2.05, 4.69) is 0 Å². The summed E-state index contributed by atoms with van der Waals surface area (Å²) in [6.07, 6.45) is 0.375. The number of rotatable bonds is 8. The highest BCUT2D eigenvalue weighted by molar-refractivity contribution is 6.38. The van der Waals surface area contributed by atoms with Crippen molar-refractivity contribution in [2.45, 2.75) is 26.8 Å². The molecule has 2 aromatic carbocycles. The predicted octanol–water partition coefficient (Wildman–Crippen LogP) is 4.92. The lowest BCUT2D eigenvalue weighted by Gasteiger charge is -2.16. The van der Waals surface area contributed by atoms with Gasteiger partial charge >= 0.3 is 0 Å². The molecule has 0 fully saturated rings. The Labute approximate surface area is 206 Å². The fraction of sp³-hybridized carbons (Fsp3) is 0.240. The molecule has 0 radical (unpaired) electrons. The van der Waals surface area contributed by atoms with Crippen LogP contribution in [0.1, 0.15) is 39.5 Å². The summed E-state index contributed by atoms with van der Waals surface area (Å²) in [6.45, 7) is 3.60. The molecule has 0 bridgehead atoms. The lowest BCUT2D eigenvalue weighted by Crippen LogP contribution is -2.27. The molecule has 7 nitrogen and oxygen atoms in total. The van der Waals surface area contributed by atoms with Crippen LogP contribution < -0.4 is 15.0 Å². The van der Waals surface area contributed by atoms with E-state index in [-0.39, 0.29) is 44.6 Å². The van der Waals surface area contributed by atoms with Gasteiger partial charge in [0.2, 0.25) is 5.88 Å². The first-order chi connectivity index (χ1) is 16.2. The SMILES string of the molecule is CCOc1c(Cl)cc(C(=O)c2c(C)c(C#N)c(=O)n(CCc3ccc(OC)cc3)c2O)cc1Cl. The molecule has 1 heterocycles. The summed E-state index contributed by atoms with van der Waals surface area (Å²) < 4.78 is 11.6. The van der Waals surface area contributed by atoms with Gasteiger partial charge in [-0.1, -0.05) is 35.3 Å². The summed E-state index contributed by atoms with van der Waals surface area (Å²) in [4.78, 5) is 26.3. The molecule has 9 heteroatoms. The van der Waals surface area contributed by atoms with E-state index >= 15 is 0 Å². The number of aromatic nitrogens is 1. The summed E-state index contributed by atoms with van der Waals surface area (Å²) in [6, 6.07) is 11.8. The van der Waals surface area contributed by atoms with Crippen molar-refractivity contribution in [2.24, 2.45) is 0 Å². The molecule has 34 heavy (non-hydrogen) atoms. The first-order valence-corrected chi connectivity index (χ1v) is 11.1. The third-order valence-corrected chi connectivity index (χ3v) is 5.92. The van der Waals surface area contributed by atoms with Crippen LogP contribution in [0.3, 0.4) is 0 Å². The smallest absolute Gasteiger partial charge is 0.271 e. The average molecular weight is 501 g/mol. The zero-order valence-electron chi connectivity index (χ0n) is 18.8. The third kappa shape index (κ3) is 4.89. The van der Waals surface area contributed by atoms with Gasteiger partial charge in [-0.3, -0.25) is 14.2 Å². The lowest BCUT2D eigenvalue weighted by molar-refractivity contribution is 0.103. The Morgan fingerprint density at radius 2 is 1.79 bits per heavy atom. The van der Waals surface area contributed by atoms with Crippen molar-refractivity contribution in [1.82, 2.24) is 4.57 Å². The van der Waals surface area contributed by atoms with Gasteiger partial charge < -0.3 is 14.6 Å². The van der Waals surface area contributed by atoms with Crippen LogP contribution in [0, 0.1) is 18.3 Å². The molecule has 0 saturated heterocycles. The number of hydrogen-bond acceptors (Lipinski definition) is 6. The van der Waals surface area contributed by atoms with E-state index in [0.29, 0.717) is 18.8 Å². The standard InChI is InChI=1S/C25H22Cl2N2O5/c1-4-34-23-19(26)11-16(12-20(23)27)22(30)21-14(2)18(13-28)24(31)29(25(21)32)10-9-15-5-7-17(33-3)8-6-15/h5-8,11-12,32H,4,9-10H2,1-3H3. The Hall–Kier alpha value is -3.47. The first-order valence-electron chi connectivity index (χ1n) is 10.4. The summed E-state index contributed by atoms with van der Waals surface area (Å²) >= 11 is 12.5. The Balaban J connectivity index is 2.06. The fourth-order valence-corrected chi connectivity index (χ4v) is 4.18. The van der Waals surface area contributed by atoms with Crippen molar-refractivity contribution < 1.29 is 19.4 Å². The highest BCUT2D eigenvalue weighted by Gasteiger charge is 2.26. The molecule has 0 atom stereocenters. The van der Waals surface area contributed by atoms with Crippen LogP contribution in [0.25, 0.3) is 0 Å². The number of benzene rings is 2. The van der Waals surface area contributed by atoms with Crippen LogP contribution in [-0.2, 0) is 13.0 Å². The normalized spacial score (nSPS) is 10.6. The molecular weight excluding hydrogens is 479 g/mol. The molecule has 176 valence electrons. The average Bonchev–Trinajstić information content (AvgIpc) is 2.81. The molecule has 3 aromatic rings. The summed E-state index contributed by atoms with van der Waals surface area (Å²) in [7, 11) is 1.56. The number of nitriles is 1. The van der Waals surface area contributed by atoms with Crippen molar-refractivity contribution in [2.75, 3.05) is 13.7 Å². The Morgan fingerprint density at radius 3 is 2.32 bits per heavy atom. The lowest BCUT2D eigenvalue weighted by atomic mass is 9.97. The number of carbonyl (C=O) groups is 1. The highest BCUT2D eigenvalue weighted by Crippen LogP contribution is 2.36. The van der Waals surface area contributed by atoms with Crippen molar-refractivity contribution in [3.63, 3.8) is 0 Å². The van der Waals surface area contributed by atoms with Crippen LogP contribution in [-0.4, -0.2) is 29.2 Å². The van der Waals surface area contributed by atoms with Gasteiger partial charge in [0.05, 0.1) is 29.3 Å².